The summed E-state index contributed by atoms with van der Waals surface area (Å²) in [4.78, 5) is 2.47. The van der Waals surface area contributed by atoms with E-state index in [-0.39, 0.29) is 12.4 Å². The van der Waals surface area contributed by atoms with Crippen molar-refractivity contribution < 1.29 is 0 Å². The molecule has 1 unspecified atom stereocenters. The molecule has 1 aliphatic rings. The molecular weight excluding hydrogens is 263 g/mol. The minimum atomic E-state index is 0. The van der Waals surface area contributed by atoms with Crippen LogP contribution in [0.1, 0.15) is 24.8 Å². The highest BCUT2D eigenvalue weighted by molar-refractivity contribution is 7.14. The van der Waals surface area contributed by atoms with Crippen LogP contribution in [0.4, 0.5) is 0 Å². The highest BCUT2D eigenvalue weighted by Crippen LogP contribution is 2.26. The summed E-state index contributed by atoms with van der Waals surface area (Å²) in [5, 5.41) is 2.05. The van der Waals surface area contributed by atoms with Gasteiger partial charge in [-0.25, -0.2) is 0 Å². The molecule has 0 aromatic carbocycles. The molecular formula is C11H18Cl2N2S. The number of nitrogens with two attached hydrogens (primary N) is 1. The lowest BCUT2D eigenvalue weighted by Gasteiger charge is -2.34. The third-order valence-corrected chi connectivity index (χ3v) is 4.34. The molecule has 5 heteroatoms. The fourth-order valence-electron chi connectivity index (χ4n) is 2.19. The highest BCUT2D eigenvalue weighted by Gasteiger charge is 2.21. The van der Waals surface area contributed by atoms with Crippen LogP contribution in [-0.2, 0) is 6.54 Å². The average molecular weight is 281 g/mol. The molecule has 0 amide bonds. The van der Waals surface area contributed by atoms with Gasteiger partial charge in [0.15, 0.2) is 0 Å². The number of halogens is 2. The molecule has 0 spiro atoms. The Bertz CT molecular complexity index is 317. The van der Waals surface area contributed by atoms with Gasteiger partial charge < -0.3 is 5.73 Å². The molecule has 2 nitrogen and oxygen atoms in total. The van der Waals surface area contributed by atoms with Crippen molar-refractivity contribution in [1.82, 2.24) is 4.90 Å². The van der Waals surface area contributed by atoms with Gasteiger partial charge in [0.1, 0.15) is 0 Å². The van der Waals surface area contributed by atoms with Crippen LogP contribution < -0.4 is 5.73 Å². The van der Waals surface area contributed by atoms with Crippen molar-refractivity contribution >= 4 is 35.3 Å². The van der Waals surface area contributed by atoms with Gasteiger partial charge in [0.05, 0.1) is 4.34 Å². The predicted octanol–water partition coefficient (Wildman–Crippen LogP) is 3.14. The van der Waals surface area contributed by atoms with Crippen LogP contribution in [-0.4, -0.2) is 24.0 Å². The smallest absolute Gasteiger partial charge is 0.0973 e. The summed E-state index contributed by atoms with van der Waals surface area (Å²) in [7, 11) is 0. The lowest BCUT2D eigenvalue weighted by atomic mass is 10.0. The van der Waals surface area contributed by atoms with E-state index >= 15 is 0 Å². The maximum Gasteiger partial charge on any atom is 0.0973 e. The molecule has 2 N–H and O–H groups in total. The number of thiophene rings is 1. The average Bonchev–Trinajstić information content (AvgIpc) is 2.65. The van der Waals surface area contributed by atoms with Crippen molar-refractivity contribution in [3.8, 4) is 0 Å². The maximum absolute atomic E-state index is 6.11. The summed E-state index contributed by atoms with van der Waals surface area (Å²) in [6.45, 7) is 2.89. The van der Waals surface area contributed by atoms with Crippen LogP contribution >= 0.6 is 35.3 Å². The van der Waals surface area contributed by atoms with E-state index in [1.807, 2.05) is 0 Å². The monoisotopic (exact) mass is 280 g/mol. The van der Waals surface area contributed by atoms with E-state index in [2.05, 4.69) is 16.3 Å². The maximum atomic E-state index is 6.11. The first-order valence-corrected chi connectivity index (χ1v) is 6.73. The first kappa shape index (κ1) is 14.3. The second kappa shape index (κ2) is 6.82. The zero-order valence-corrected chi connectivity index (χ0v) is 11.6. The van der Waals surface area contributed by atoms with Crippen LogP contribution in [0.3, 0.4) is 0 Å². The molecule has 0 bridgehead atoms. The minimum absolute atomic E-state index is 0. The molecule has 0 aliphatic carbocycles. The van der Waals surface area contributed by atoms with E-state index < -0.39 is 0 Å². The third-order valence-electron chi connectivity index (χ3n) is 3.09. The number of rotatable bonds is 3. The van der Waals surface area contributed by atoms with Gasteiger partial charge in [-0.15, -0.1) is 23.7 Å². The van der Waals surface area contributed by atoms with Gasteiger partial charge >= 0.3 is 0 Å². The van der Waals surface area contributed by atoms with E-state index in [1.165, 1.54) is 24.8 Å². The summed E-state index contributed by atoms with van der Waals surface area (Å²) in [5.74, 6) is 0. The molecule has 1 saturated heterocycles. The molecule has 1 aliphatic heterocycles. The Morgan fingerprint density at radius 3 is 2.94 bits per heavy atom. The van der Waals surface area contributed by atoms with Crippen molar-refractivity contribution in [3.63, 3.8) is 0 Å². The van der Waals surface area contributed by atoms with Crippen LogP contribution in [0.25, 0.3) is 0 Å². The lowest BCUT2D eigenvalue weighted by Crippen LogP contribution is -2.43. The number of likely N-dealkylation sites (tertiary alicyclic amines) is 1. The second-order valence-corrected chi connectivity index (χ2v) is 5.59. The summed E-state index contributed by atoms with van der Waals surface area (Å²) >= 11 is 7.72. The molecule has 1 fully saturated rings. The van der Waals surface area contributed by atoms with Gasteiger partial charge in [0.2, 0.25) is 0 Å². The number of hydrogen-bond donors (Lipinski definition) is 1. The quantitative estimate of drug-likeness (QED) is 0.922. The van der Waals surface area contributed by atoms with Crippen molar-refractivity contribution in [1.29, 1.82) is 0 Å². The van der Waals surface area contributed by atoms with Gasteiger partial charge in [0, 0.05) is 19.1 Å². The zero-order chi connectivity index (χ0) is 10.7. The Balaban J connectivity index is 0.00000128. The minimum Gasteiger partial charge on any atom is -0.329 e. The van der Waals surface area contributed by atoms with E-state index in [0.717, 1.165) is 24.0 Å². The molecule has 0 saturated carbocycles. The molecule has 1 atom stereocenters. The van der Waals surface area contributed by atoms with Gasteiger partial charge in [-0.2, -0.15) is 0 Å². The standard InChI is InChI=1S/C11H17ClN2S.ClH/c12-11-9(4-6-15-11)8-14-5-2-1-3-10(14)7-13;/h4,6,10H,1-3,5,7-8,13H2;1H. The van der Waals surface area contributed by atoms with Crippen molar-refractivity contribution in [2.24, 2.45) is 5.73 Å². The Morgan fingerprint density at radius 1 is 1.50 bits per heavy atom. The third kappa shape index (κ3) is 3.34. The fourth-order valence-corrected chi connectivity index (χ4v) is 3.10. The molecule has 1 aromatic heterocycles. The lowest BCUT2D eigenvalue weighted by molar-refractivity contribution is 0.145. The Kier molecular flexibility index (Phi) is 6.08. The summed E-state index contributed by atoms with van der Waals surface area (Å²) in [5.41, 5.74) is 7.04. The highest BCUT2D eigenvalue weighted by atomic mass is 35.5. The Labute approximate surface area is 112 Å². The largest absolute Gasteiger partial charge is 0.329 e. The van der Waals surface area contributed by atoms with Crippen LogP contribution in [0, 0.1) is 0 Å². The first-order valence-electron chi connectivity index (χ1n) is 5.47. The van der Waals surface area contributed by atoms with E-state index in [0.29, 0.717) is 6.04 Å². The van der Waals surface area contributed by atoms with Gasteiger partial charge in [-0.3, -0.25) is 4.90 Å². The molecule has 0 radical (unpaired) electrons. The topological polar surface area (TPSA) is 29.3 Å². The van der Waals surface area contributed by atoms with Gasteiger partial charge in [-0.1, -0.05) is 18.0 Å². The molecule has 16 heavy (non-hydrogen) atoms. The summed E-state index contributed by atoms with van der Waals surface area (Å²) < 4.78 is 0.927. The van der Waals surface area contributed by atoms with Crippen molar-refractivity contribution in [3.05, 3.63) is 21.3 Å². The number of hydrogen-bond acceptors (Lipinski definition) is 3. The number of nitrogens with zero attached hydrogens (tertiary/aromatic N) is 1. The van der Waals surface area contributed by atoms with Crippen LogP contribution in [0.2, 0.25) is 4.34 Å². The summed E-state index contributed by atoms with van der Waals surface area (Å²) in [6.07, 6.45) is 3.84. The predicted molar refractivity (Wildman–Crippen MR) is 73.7 cm³/mol. The Hall–Kier alpha value is 0.200. The van der Waals surface area contributed by atoms with Crippen LogP contribution in [0.15, 0.2) is 11.4 Å². The molecule has 2 rings (SSSR count). The van der Waals surface area contributed by atoms with Crippen LogP contribution in [0.5, 0.6) is 0 Å². The molecule has 92 valence electrons. The normalized spacial score (nSPS) is 21.8. The van der Waals surface area contributed by atoms with Crippen molar-refractivity contribution in [2.45, 2.75) is 31.8 Å². The van der Waals surface area contributed by atoms with Gasteiger partial charge in [-0.05, 0) is 36.4 Å². The summed E-state index contributed by atoms with van der Waals surface area (Å²) in [6, 6.07) is 2.67. The number of piperidine rings is 1. The van der Waals surface area contributed by atoms with E-state index in [4.69, 9.17) is 17.3 Å². The second-order valence-electron chi connectivity index (χ2n) is 4.08. The Morgan fingerprint density at radius 2 is 2.31 bits per heavy atom. The van der Waals surface area contributed by atoms with Crippen molar-refractivity contribution in [2.75, 3.05) is 13.1 Å². The zero-order valence-electron chi connectivity index (χ0n) is 9.19. The molecule has 2 heterocycles. The SMILES string of the molecule is Cl.NCC1CCCCN1Cc1ccsc1Cl. The van der Waals surface area contributed by atoms with Gasteiger partial charge in [0.25, 0.3) is 0 Å². The first-order chi connectivity index (χ1) is 7.31. The van der Waals surface area contributed by atoms with E-state index in [9.17, 15) is 0 Å². The van der Waals surface area contributed by atoms with E-state index in [1.54, 1.807) is 11.3 Å². The fraction of sp³-hybridized carbons (Fsp3) is 0.636. The molecule has 1 aromatic rings.